The van der Waals surface area contributed by atoms with E-state index in [1.807, 2.05) is 50.9 Å². The summed E-state index contributed by atoms with van der Waals surface area (Å²) in [6, 6.07) is 9.82. The van der Waals surface area contributed by atoms with E-state index in [0.29, 0.717) is 65.2 Å². The minimum atomic E-state index is -0.627. The van der Waals surface area contributed by atoms with Crippen LogP contribution >= 0.6 is 0 Å². The summed E-state index contributed by atoms with van der Waals surface area (Å²) in [4.78, 5) is 34.2. The zero-order valence-electron chi connectivity index (χ0n) is 17.6. The highest BCUT2D eigenvalue weighted by Crippen LogP contribution is 2.40. The number of carbonyl (C=O) groups excluding carboxylic acids is 2. The Hall–Kier alpha value is -2.71. The van der Waals surface area contributed by atoms with Gasteiger partial charge in [0.15, 0.2) is 6.10 Å². The SMILES string of the molecule is O=C(Cc1ccccc1)N1CCC2(CC1)OC(C(=O)N1CCOCC1)Cn1ccnc12. The van der Waals surface area contributed by atoms with Crippen molar-refractivity contribution in [2.45, 2.75) is 37.5 Å². The molecule has 1 aromatic carbocycles. The fourth-order valence-electron chi connectivity index (χ4n) is 4.85. The van der Waals surface area contributed by atoms with Crippen LogP contribution in [0.25, 0.3) is 0 Å². The first-order chi connectivity index (χ1) is 15.1. The minimum absolute atomic E-state index is 0.0182. The number of imidazole rings is 1. The number of morpholine rings is 1. The van der Waals surface area contributed by atoms with Crippen molar-refractivity contribution in [3.8, 4) is 0 Å². The normalized spacial score (nSPS) is 22.9. The first-order valence-corrected chi connectivity index (χ1v) is 11.0. The van der Waals surface area contributed by atoms with E-state index in [0.717, 1.165) is 11.4 Å². The van der Waals surface area contributed by atoms with E-state index in [4.69, 9.17) is 9.47 Å². The summed E-state index contributed by atoms with van der Waals surface area (Å²) in [7, 11) is 0. The van der Waals surface area contributed by atoms with Gasteiger partial charge in [-0.25, -0.2) is 4.98 Å². The average molecular weight is 425 g/mol. The second-order valence-corrected chi connectivity index (χ2v) is 8.48. The molecule has 2 aromatic rings. The van der Waals surface area contributed by atoms with Gasteiger partial charge in [-0.3, -0.25) is 9.59 Å². The molecule has 1 unspecified atom stereocenters. The number of ether oxygens (including phenoxy) is 2. The number of carbonyl (C=O) groups is 2. The number of rotatable bonds is 3. The molecule has 8 nitrogen and oxygen atoms in total. The van der Waals surface area contributed by atoms with Crippen LogP contribution in [0.2, 0.25) is 0 Å². The number of benzene rings is 1. The maximum absolute atomic E-state index is 13.1. The van der Waals surface area contributed by atoms with E-state index in [-0.39, 0.29) is 11.8 Å². The number of aromatic nitrogens is 2. The van der Waals surface area contributed by atoms with Gasteiger partial charge in [-0.2, -0.15) is 0 Å². The Bertz CT molecular complexity index is 930. The lowest BCUT2D eigenvalue weighted by molar-refractivity contribution is -0.184. The predicted octanol–water partition coefficient (Wildman–Crippen LogP) is 1.20. The average Bonchev–Trinajstić information content (AvgIpc) is 3.30. The molecule has 4 heterocycles. The van der Waals surface area contributed by atoms with Crippen molar-refractivity contribution in [2.75, 3.05) is 39.4 Å². The third kappa shape index (κ3) is 3.97. The zero-order chi connectivity index (χ0) is 21.3. The van der Waals surface area contributed by atoms with E-state index in [1.54, 1.807) is 6.20 Å². The molecule has 2 amide bonds. The maximum Gasteiger partial charge on any atom is 0.253 e. The molecule has 0 N–H and O–H groups in total. The van der Waals surface area contributed by atoms with Gasteiger partial charge in [0.05, 0.1) is 26.2 Å². The largest absolute Gasteiger partial charge is 0.378 e. The molecule has 3 aliphatic rings. The molecular weight excluding hydrogens is 396 g/mol. The molecule has 0 bridgehead atoms. The van der Waals surface area contributed by atoms with Gasteiger partial charge in [0.2, 0.25) is 5.91 Å². The van der Waals surface area contributed by atoms with Gasteiger partial charge in [0.25, 0.3) is 5.91 Å². The third-order valence-electron chi connectivity index (χ3n) is 6.57. The molecule has 0 radical (unpaired) electrons. The van der Waals surface area contributed by atoms with Gasteiger partial charge >= 0.3 is 0 Å². The van der Waals surface area contributed by atoms with E-state index in [2.05, 4.69) is 4.98 Å². The molecule has 0 saturated carbocycles. The molecule has 1 spiro atoms. The second-order valence-electron chi connectivity index (χ2n) is 8.48. The molecule has 164 valence electrons. The fraction of sp³-hybridized carbons (Fsp3) is 0.522. The Labute approximate surface area is 181 Å². The van der Waals surface area contributed by atoms with E-state index in [1.165, 1.54) is 0 Å². The van der Waals surface area contributed by atoms with Gasteiger partial charge in [-0.15, -0.1) is 0 Å². The Morgan fingerprint density at radius 1 is 1.03 bits per heavy atom. The first kappa shape index (κ1) is 20.2. The predicted molar refractivity (Wildman–Crippen MR) is 112 cm³/mol. The van der Waals surface area contributed by atoms with Crippen LogP contribution in [0.4, 0.5) is 0 Å². The van der Waals surface area contributed by atoms with Crippen molar-refractivity contribution in [2.24, 2.45) is 0 Å². The molecule has 2 saturated heterocycles. The quantitative estimate of drug-likeness (QED) is 0.740. The van der Waals surface area contributed by atoms with Crippen molar-refractivity contribution in [1.29, 1.82) is 0 Å². The van der Waals surface area contributed by atoms with Gasteiger partial charge < -0.3 is 23.8 Å². The summed E-state index contributed by atoms with van der Waals surface area (Å²) in [6.07, 6.45) is 4.84. The van der Waals surface area contributed by atoms with Crippen LogP contribution in [-0.4, -0.2) is 76.7 Å². The lowest BCUT2D eigenvalue weighted by atomic mass is 9.88. The van der Waals surface area contributed by atoms with Crippen molar-refractivity contribution in [3.05, 3.63) is 54.1 Å². The topological polar surface area (TPSA) is 76.9 Å². The Kier molecular flexibility index (Phi) is 5.50. The molecule has 2 fully saturated rings. The number of nitrogens with zero attached hydrogens (tertiary/aromatic N) is 4. The van der Waals surface area contributed by atoms with Crippen LogP contribution in [0, 0.1) is 0 Å². The number of piperidine rings is 1. The standard InChI is InChI=1S/C23H28N4O4/c28-20(16-18-4-2-1-3-5-18)25-9-6-23(7-10-25)22-24-8-11-27(22)17-19(31-23)21(29)26-12-14-30-15-13-26/h1-5,8,11,19H,6-7,9-10,12-17H2. The highest BCUT2D eigenvalue weighted by atomic mass is 16.5. The number of hydrogen-bond donors (Lipinski definition) is 0. The highest BCUT2D eigenvalue weighted by molar-refractivity contribution is 5.81. The first-order valence-electron chi connectivity index (χ1n) is 11.0. The smallest absolute Gasteiger partial charge is 0.253 e. The summed E-state index contributed by atoms with van der Waals surface area (Å²) >= 11 is 0. The molecular formula is C23H28N4O4. The van der Waals surface area contributed by atoms with Crippen LogP contribution in [0.3, 0.4) is 0 Å². The molecule has 0 aliphatic carbocycles. The van der Waals surface area contributed by atoms with Crippen LogP contribution in [0.1, 0.15) is 24.2 Å². The molecule has 3 aliphatic heterocycles. The molecule has 5 rings (SSSR count). The highest BCUT2D eigenvalue weighted by Gasteiger charge is 2.48. The van der Waals surface area contributed by atoms with Gasteiger partial charge in [-0.1, -0.05) is 30.3 Å². The minimum Gasteiger partial charge on any atom is -0.378 e. The lowest BCUT2D eigenvalue weighted by Gasteiger charge is -2.46. The van der Waals surface area contributed by atoms with Crippen molar-refractivity contribution >= 4 is 11.8 Å². The number of amides is 2. The number of hydrogen-bond acceptors (Lipinski definition) is 5. The number of fused-ring (bicyclic) bond motifs is 2. The van der Waals surface area contributed by atoms with E-state index in [9.17, 15) is 9.59 Å². The van der Waals surface area contributed by atoms with Crippen molar-refractivity contribution in [3.63, 3.8) is 0 Å². The zero-order valence-corrected chi connectivity index (χ0v) is 17.6. The van der Waals surface area contributed by atoms with Crippen LogP contribution in [0.15, 0.2) is 42.7 Å². The van der Waals surface area contributed by atoms with Gasteiger partial charge in [0, 0.05) is 51.4 Å². The second kappa shape index (κ2) is 8.43. The van der Waals surface area contributed by atoms with Gasteiger partial charge in [0.1, 0.15) is 11.4 Å². The van der Waals surface area contributed by atoms with Crippen molar-refractivity contribution in [1.82, 2.24) is 19.4 Å². The summed E-state index contributed by atoms with van der Waals surface area (Å²) in [6.45, 7) is 4.00. The Morgan fingerprint density at radius 2 is 1.77 bits per heavy atom. The third-order valence-corrected chi connectivity index (χ3v) is 6.57. The van der Waals surface area contributed by atoms with E-state index >= 15 is 0 Å². The van der Waals surface area contributed by atoms with E-state index < -0.39 is 11.7 Å². The summed E-state index contributed by atoms with van der Waals surface area (Å²) in [5, 5.41) is 0. The Balaban J connectivity index is 1.29. The summed E-state index contributed by atoms with van der Waals surface area (Å²) in [5.74, 6) is 1.01. The van der Waals surface area contributed by atoms with Gasteiger partial charge in [-0.05, 0) is 5.56 Å². The fourth-order valence-corrected chi connectivity index (χ4v) is 4.85. The maximum atomic E-state index is 13.1. The monoisotopic (exact) mass is 424 g/mol. The van der Waals surface area contributed by atoms with Crippen LogP contribution in [-0.2, 0) is 37.6 Å². The lowest BCUT2D eigenvalue weighted by Crippen LogP contribution is -2.56. The number of likely N-dealkylation sites (tertiary alicyclic amines) is 1. The van der Waals surface area contributed by atoms with Crippen LogP contribution < -0.4 is 0 Å². The summed E-state index contributed by atoms with van der Waals surface area (Å²) in [5.41, 5.74) is 0.395. The molecule has 1 atom stereocenters. The van der Waals surface area contributed by atoms with Crippen LogP contribution in [0.5, 0.6) is 0 Å². The molecule has 31 heavy (non-hydrogen) atoms. The molecule has 1 aromatic heterocycles. The molecule has 8 heteroatoms. The summed E-state index contributed by atoms with van der Waals surface area (Å²) < 4.78 is 13.9. The van der Waals surface area contributed by atoms with Crippen molar-refractivity contribution < 1.29 is 19.1 Å². The Morgan fingerprint density at radius 3 is 2.52 bits per heavy atom.